The molecule has 0 saturated carbocycles. The van der Waals surface area contributed by atoms with E-state index in [1.165, 1.54) is 4.90 Å². The third-order valence-electron chi connectivity index (χ3n) is 4.16. The van der Waals surface area contributed by atoms with Crippen LogP contribution in [0.4, 0.5) is 14.9 Å². The van der Waals surface area contributed by atoms with Gasteiger partial charge in [0.2, 0.25) is 0 Å². The first-order chi connectivity index (χ1) is 12.1. The second-order valence-electron chi connectivity index (χ2n) is 6.07. The van der Waals surface area contributed by atoms with Gasteiger partial charge in [0.1, 0.15) is 0 Å². The van der Waals surface area contributed by atoms with E-state index >= 15 is 0 Å². The predicted molar refractivity (Wildman–Crippen MR) is 95.0 cm³/mol. The van der Waals surface area contributed by atoms with E-state index in [9.17, 15) is 9.18 Å². The van der Waals surface area contributed by atoms with Crippen molar-refractivity contribution in [1.29, 1.82) is 0 Å². The van der Waals surface area contributed by atoms with E-state index in [4.69, 9.17) is 5.11 Å². The highest BCUT2D eigenvalue weighted by atomic mass is 19.1. The summed E-state index contributed by atoms with van der Waals surface area (Å²) in [7, 11) is 0. The summed E-state index contributed by atoms with van der Waals surface area (Å²) in [6.07, 6.45) is 0.145. The molecule has 2 amide bonds. The summed E-state index contributed by atoms with van der Waals surface area (Å²) in [5, 5.41) is 11.9. The average Bonchev–Trinajstić information content (AvgIpc) is 3.05. The van der Waals surface area contributed by atoms with Crippen LogP contribution in [0.1, 0.15) is 17.5 Å². The molecule has 2 aromatic rings. The summed E-state index contributed by atoms with van der Waals surface area (Å²) >= 11 is 0. The largest absolute Gasteiger partial charge is 0.393 e. The number of carbonyl (C=O) groups is 1. The van der Waals surface area contributed by atoms with Gasteiger partial charge in [0, 0.05) is 24.1 Å². The fraction of sp³-hybridized carbons (Fsp3) is 0.250. The van der Waals surface area contributed by atoms with Crippen molar-refractivity contribution in [2.45, 2.75) is 12.1 Å². The minimum atomic E-state index is -1.70. The molecule has 3 rings (SSSR count). The number of aliphatic hydroxyl groups excluding tert-OH is 1. The lowest BCUT2D eigenvalue weighted by atomic mass is 10.1. The SMILES string of the molecule is O=C(Nc1ccccc1C#Cc1ccccc1)N1CC[C@](F)(CO)C1. The Morgan fingerprint density at radius 2 is 1.88 bits per heavy atom. The normalized spacial score (nSPS) is 19.2. The number of likely N-dealkylation sites (tertiary alicyclic amines) is 1. The molecule has 25 heavy (non-hydrogen) atoms. The molecule has 1 heterocycles. The lowest BCUT2D eigenvalue weighted by Crippen LogP contribution is -2.37. The molecule has 2 N–H and O–H groups in total. The number of halogens is 1. The summed E-state index contributed by atoms with van der Waals surface area (Å²) in [5.41, 5.74) is 0.446. The number of nitrogens with one attached hydrogen (secondary N) is 1. The number of rotatable bonds is 2. The number of benzene rings is 2. The van der Waals surface area contributed by atoms with Crippen LogP contribution in [0.2, 0.25) is 0 Å². The topological polar surface area (TPSA) is 52.6 Å². The number of para-hydroxylation sites is 1. The Kier molecular flexibility index (Phi) is 5.01. The molecule has 0 aliphatic carbocycles. The van der Waals surface area contributed by atoms with Gasteiger partial charge in [-0.25, -0.2) is 9.18 Å². The molecule has 128 valence electrons. The fourth-order valence-corrected chi connectivity index (χ4v) is 2.69. The average molecular weight is 338 g/mol. The van der Waals surface area contributed by atoms with E-state index in [-0.39, 0.29) is 25.5 Å². The van der Waals surface area contributed by atoms with Crippen LogP contribution in [0.3, 0.4) is 0 Å². The van der Waals surface area contributed by atoms with Gasteiger partial charge < -0.3 is 15.3 Å². The number of nitrogens with zero attached hydrogens (tertiary/aromatic N) is 1. The van der Waals surface area contributed by atoms with Gasteiger partial charge in [-0.05, 0) is 24.3 Å². The zero-order valence-corrected chi connectivity index (χ0v) is 13.7. The smallest absolute Gasteiger partial charge is 0.321 e. The summed E-state index contributed by atoms with van der Waals surface area (Å²) < 4.78 is 14.1. The number of amides is 2. The number of carbonyl (C=O) groups excluding carboxylic acids is 1. The molecular weight excluding hydrogens is 319 g/mol. The molecule has 0 radical (unpaired) electrons. The molecule has 1 aliphatic heterocycles. The van der Waals surface area contributed by atoms with Gasteiger partial charge in [-0.15, -0.1) is 0 Å². The molecule has 0 aromatic heterocycles. The van der Waals surface area contributed by atoms with Crippen LogP contribution in [0, 0.1) is 11.8 Å². The molecule has 1 aliphatic rings. The van der Waals surface area contributed by atoms with Gasteiger partial charge in [0.05, 0.1) is 18.8 Å². The highest BCUT2D eigenvalue weighted by Gasteiger charge is 2.39. The van der Waals surface area contributed by atoms with Crippen molar-refractivity contribution in [3.05, 3.63) is 65.7 Å². The predicted octanol–water partition coefficient (Wildman–Crippen LogP) is 3.02. The molecule has 1 atom stereocenters. The molecule has 4 nitrogen and oxygen atoms in total. The monoisotopic (exact) mass is 338 g/mol. The molecular formula is C20H19FN2O2. The highest BCUT2D eigenvalue weighted by Crippen LogP contribution is 2.26. The molecule has 1 fully saturated rings. The number of urea groups is 1. The standard InChI is InChI=1S/C20H19FN2O2/c21-20(15-24)12-13-23(14-20)19(25)22-18-9-5-4-8-17(18)11-10-16-6-2-1-3-7-16/h1-9,24H,12-15H2,(H,22,25)/t20-/m1/s1. The first kappa shape index (κ1) is 17.0. The second kappa shape index (κ2) is 7.37. The van der Waals surface area contributed by atoms with Gasteiger partial charge in [-0.1, -0.05) is 42.2 Å². The molecule has 5 heteroatoms. The zero-order chi connectivity index (χ0) is 17.7. The summed E-state index contributed by atoms with van der Waals surface area (Å²) in [6.45, 7) is -0.399. The Hall–Kier alpha value is -2.84. The van der Waals surface area contributed by atoms with Crippen LogP contribution in [0.5, 0.6) is 0 Å². The van der Waals surface area contributed by atoms with Crippen molar-refractivity contribution in [2.75, 3.05) is 25.0 Å². The first-order valence-corrected chi connectivity index (χ1v) is 8.11. The van der Waals surface area contributed by atoms with Crippen molar-refractivity contribution < 1.29 is 14.3 Å². The maximum atomic E-state index is 14.1. The van der Waals surface area contributed by atoms with Crippen LogP contribution in [0.25, 0.3) is 0 Å². The Morgan fingerprint density at radius 3 is 2.60 bits per heavy atom. The first-order valence-electron chi connectivity index (χ1n) is 8.11. The van der Waals surface area contributed by atoms with Crippen LogP contribution in [-0.4, -0.2) is 41.4 Å². The molecule has 0 bridgehead atoms. The van der Waals surface area contributed by atoms with E-state index in [0.717, 1.165) is 5.56 Å². The fourth-order valence-electron chi connectivity index (χ4n) is 2.69. The van der Waals surface area contributed by atoms with Crippen molar-refractivity contribution in [3.8, 4) is 11.8 Å². The number of aliphatic hydroxyl groups is 1. The Morgan fingerprint density at radius 1 is 1.16 bits per heavy atom. The summed E-state index contributed by atoms with van der Waals surface area (Å²) in [6, 6.07) is 16.4. The quantitative estimate of drug-likeness (QED) is 0.827. The minimum absolute atomic E-state index is 0.104. The second-order valence-corrected chi connectivity index (χ2v) is 6.07. The van der Waals surface area contributed by atoms with Crippen LogP contribution in [0.15, 0.2) is 54.6 Å². The molecule has 0 unspecified atom stereocenters. The molecule has 2 aromatic carbocycles. The Labute approximate surface area is 146 Å². The molecule has 1 saturated heterocycles. The van der Waals surface area contributed by atoms with E-state index in [1.807, 2.05) is 42.5 Å². The zero-order valence-electron chi connectivity index (χ0n) is 13.7. The van der Waals surface area contributed by atoms with Gasteiger partial charge in [0.15, 0.2) is 5.67 Å². The highest BCUT2D eigenvalue weighted by molar-refractivity contribution is 5.91. The third kappa shape index (κ3) is 4.17. The van der Waals surface area contributed by atoms with Crippen molar-refractivity contribution in [3.63, 3.8) is 0 Å². The summed E-state index contributed by atoms with van der Waals surface area (Å²) in [5.74, 6) is 6.11. The van der Waals surface area contributed by atoms with E-state index in [0.29, 0.717) is 11.3 Å². The van der Waals surface area contributed by atoms with Crippen LogP contribution >= 0.6 is 0 Å². The van der Waals surface area contributed by atoms with Gasteiger partial charge in [0.25, 0.3) is 0 Å². The number of anilines is 1. The minimum Gasteiger partial charge on any atom is -0.393 e. The maximum Gasteiger partial charge on any atom is 0.321 e. The lowest BCUT2D eigenvalue weighted by Gasteiger charge is -2.19. The maximum absolute atomic E-state index is 14.1. The van der Waals surface area contributed by atoms with Crippen LogP contribution < -0.4 is 5.32 Å². The number of hydrogen-bond donors (Lipinski definition) is 2. The Bertz CT molecular complexity index is 813. The third-order valence-corrected chi connectivity index (χ3v) is 4.16. The molecule has 0 spiro atoms. The Balaban J connectivity index is 1.74. The van der Waals surface area contributed by atoms with E-state index < -0.39 is 12.3 Å². The van der Waals surface area contributed by atoms with E-state index in [2.05, 4.69) is 17.2 Å². The van der Waals surface area contributed by atoms with E-state index in [1.54, 1.807) is 12.1 Å². The summed E-state index contributed by atoms with van der Waals surface area (Å²) in [4.78, 5) is 13.7. The van der Waals surface area contributed by atoms with Crippen molar-refractivity contribution in [2.24, 2.45) is 0 Å². The van der Waals surface area contributed by atoms with Crippen LogP contribution in [-0.2, 0) is 0 Å². The van der Waals surface area contributed by atoms with Gasteiger partial charge in [-0.2, -0.15) is 0 Å². The lowest BCUT2D eigenvalue weighted by molar-refractivity contribution is 0.0813. The van der Waals surface area contributed by atoms with Gasteiger partial charge in [-0.3, -0.25) is 0 Å². The van der Waals surface area contributed by atoms with Crippen molar-refractivity contribution >= 4 is 11.7 Å². The van der Waals surface area contributed by atoms with Gasteiger partial charge >= 0.3 is 6.03 Å². The number of alkyl halides is 1. The number of hydrogen-bond acceptors (Lipinski definition) is 2. The van der Waals surface area contributed by atoms with Crippen molar-refractivity contribution in [1.82, 2.24) is 4.90 Å².